The second-order valence-corrected chi connectivity index (χ2v) is 5.36. The van der Waals surface area contributed by atoms with Crippen molar-refractivity contribution in [3.8, 4) is 0 Å². The lowest BCUT2D eigenvalue weighted by molar-refractivity contribution is 0.588. The zero-order valence-electron chi connectivity index (χ0n) is 11.5. The molecule has 0 amide bonds. The molecule has 0 bridgehead atoms. The van der Waals surface area contributed by atoms with E-state index in [0.29, 0.717) is 23.1 Å². The predicted molar refractivity (Wildman–Crippen MR) is 81.4 cm³/mol. The van der Waals surface area contributed by atoms with Crippen LogP contribution in [0.25, 0.3) is 0 Å². The molecule has 2 aromatic rings. The number of nitrogens with zero attached hydrogens (tertiary/aromatic N) is 2. The van der Waals surface area contributed by atoms with Crippen LogP contribution in [0.3, 0.4) is 0 Å². The lowest BCUT2D eigenvalue weighted by Crippen LogP contribution is -2.31. The quantitative estimate of drug-likeness (QED) is 0.870. The van der Waals surface area contributed by atoms with Crippen molar-refractivity contribution in [1.82, 2.24) is 4.98 Å². The molecular formula is C15H17ClFN3. The minimum atomic E-state index is -0.415. The number of nitrogens with two attached hydrogens (primary N) is 1. The molecule has 0 radical (unpaired) electrons. The van der Waals surface area contributed by atoms with Gasteiger partial charge in [0.1, 0.15) is 0 Å². The fraction of sp³-hybridized carbons (Fsp3) is 0.267. The van der Waals surface area contributed by atoms with Crippen molar-refractivity contribution in [1.29, 1.82) is 0 Å². The molecule has 0 unspecified atom stereocenters. The van der Waals surface area contributed by atoms with E-state index in [1.807, 2.05) is 43.0 Å². The summed E-state index contributed by atoms with van der Waals surface area (Å²) in [5.74, 6) is -0.108. The highest BCUT2D eigenvalue weighted by Crippen LogP contribution is 2.23. The largest absolute Gasteiger partial charge is 0.399 e. The second-order valence-electron chi connectivity index (χ2n) is 4.92. The lowest BCUT2D eigenvalue weighted by atomic mass is 10.1. The van der Waals surface area contributed by atoms with Crippen molar-refractivity contribution in [2.75, 3.05) is 10.6 Å². The predicted octanol–water partition coefficient (Wildman–Crippen LogP) is 3.87. The molecule has 1 aromatic carbocycles. The molecule has 0 aliphatic carbocycles. The van der Waals surface area contributed by atoms with Crippen LogP contribution in [-0.4, -0.2) is 11.0 Å². The van der Waals surface area contributed by atoms with Crippen LogP contribution >= 0.6 is 11.6 Å². The number of aromatic nitrogens is 1. The molecular weight excluding hydrogens is 277 g/mol. The molecule has 5 heteroatoms. The van der Waals surface area contributed by atoms with Crippen LogP contribution in [0.4, 0.5) is 15.9 Å². The molecule has 1 aromatic heterocycles. The SMILES string of the molecule is CC(C)N(Cc1ccc(N)cc1)c1ncc(Cl)cc1F. The highest BCUT2D eigenvalue weighted by Gasteiger charge is 2.17. The van der Waals surface area contributed by atoms with Gasteiger partial charge >= 0.3 is 0 Å². The first-order chi connectivity index (χ1) is 9.47. The summed E-state index contributed by atoms with van der Waals surface area (Å²) in [6.07, 6.45) is 1.46. The van der Waals surface area contributed by atoms with Gasteiger partial charge in [0.25, 0.3) is 0 Å². The van der Waals surface area contributed by atoms with Gasteiger partial charge in [0.15, 0.2) is 11.6 Å². The number of pyridine rings is 1. The van der Waals surface area contributed by atoms with Gasteiger partial charge in [-0.3, -0.25) is 0 Å². The van der Waals surface area contributed by atoms with Gasteiger partial charge in [-0.05, 0) is 37.6 Å². The first kappa shape index (κ1) is 14.6. The Kier molecular flexibility index (Phi) is 4.45. The minimum absolute atomic E-state index is 0.107. The van der Waals surface area contributed by atoms with Crippen molar-refractivity contribution in [2.45, 2.75) is 26.4 Å². The average molecular weight is 294 g/mol. The van der Waals surface area contributed by atoms with Crippen LogP contribution in [0.2, 0.25) is 5.02 Å². The topological polar surface area (TPSA) is 42.1 Å². The van der Waals surface area contributed by atoms with E-state index >= 15 is 0 Å². The van der Waals surface area contributed by atoms with E-state index in [0.717, 1.165) is 5.56 Å². The van der Waals surface area contributed by atoms with Crippen LogP contribution in [0, 0.1) is 5.82 Å². The maximum Gasteiger partial charge on any atom is 0.167 e. The Morgan fingerprint density at radius 1 is 1.30 bits per heavy atom. The summed E-state index contributed by atoms with van der Waals surface area (Å²) in [6.45, 7) is 4.55. The number of hydrogen-bond donors (Lipinski definition) is 1. The van der Waals surface area contributed by atoms with Gasteiger partial charge < -0.3 is 10.6 Å². The molecule has 0 saturated heterocycles. The van der Waals surface area contributed by atoms with Gasteiger partial charge in [0.05, 0.1) is 5.02 Å². The number of hydrogen-bond acceptors (Lipinski definition) is 3. The van der Waals surface area contributed by atoms with E-state index in [1.54, 1.807) is 0 Å². The van der Waals surface area contributed by atoms with E-state index in [2.05, 4.69) is 4.98 Å². The molecule has 0 fully saturated rings. The maximum absolute atomic E-state index is 14.0. The summed E-state index contributed by atoms with van der Waals surface area (Å²) in [7, 11) is 0. The molecule has 1 heterocycles. The van der Waals surface area contributed by atoms with Crippen LogP contribution in [0.15, 0.2) is 36.5 Å². The van der Waals surface area contributed by atoms with Crippen molar-refractivity contribution in [3.63, 3.8) is 0 Å². The Hall–Kier alpha value is -1.81. The second kappa shape index (κ2) is 6.09. The maximum atomic E-state index is 14.0. The van der Waals surface area contributed by atoms with Gasteiger partial charge in [0, 0.05) is 24.5 Å². The number of benzene rings is 1. The third kappa shape index (κ3) is 3.39. The van der Waals surface area contributed by atoms with E-state index in [4.69, 9.17) is 17.3 Å². The average Bonchev–Trinajstić information content (AvgIpc) is 2.39. The number of halogens is 2. The molecule has 0 atom stereocenters. The van der Waals surface area contributed by atoms with Gasteiger partial charge in [-0.2, -0.15) is 0 Å². The summed E-state index contributed by atoms with van der Waals surface area (Å²) >= 11 is 5.74. The highest BCUT2D eigenvalue weighted by atomic mass is 35.5. The van der Waals surface area contributed by atoms with Gasteiger partial charge in [-0.1, -0.05) is 23.7 Å². The van der Waals surface area contributed by atoms with Crippen molar-refractivity contribution in [3.05, 3.63) is 52.9 Å². The highest BCUT2D eigenvalue weighted by molar-refractivity contribution is 6.30. The Morgan fingerprint density at radius 2 is 1.95 bits per heavy atom. The van der Waals surface area contributed by atoms with Gasteiger partial charge in [-0.25, -0.2) is 9.37 Å². The fourth-order valence-electron chi connectivity index (χ4n) is 1.94. The number of anilines is 2. The summed E-state index contributed by atoms with van der Waals surface area (Å²) in [6, 6.07) is 8.91. The standard InChI is InChI=1S/C15H17ClFN3/c1-10(2)20(9-11-3-5-13(18)6-4-11)15-14(17)7-12(16)8-19-15/h3-8,10H,9,18H2,1-2H3. The van der Waals surface area contributed by atoms with Gasteiger partial charge in [-0.15, -0.1) is 0 Å². The van der Waals surface area contributed by atoms with Crippen LogP contribution in [0.5, 0.6) is 0 Å². The van der Waals surface area contributed by atoms with Crippen LogP contribution in [0.1, 0.15) is 19.4 Å². The zero-order chi connectivity index (χ0) is 14.7. The molecule has 0 aliphatic rings. The number of nitrogen functional groups attached to an aromatic ring is 1. The van der Waals surface area contributed by atoms with Crippen molar-refractivity contribution < 1.29 is 4.39 Å². The van der Waals surface area contributed by atoms with E-state index in [1.165, 1.54) is 12.3 Å². The normalized spacial score (nSPS) is 10.8. The van der Waals surface area contributed by atoms with Crippen molar-refractivity contribution >= 4 is 23.1 Å². The first-order valence-corrected chi connectivity index (χ1v) is 6.77. The Bertz CT molecular complexity index is 584. The third-order valence-corrected chi connectivity index (χ3v) is 3.22. The van der Waals surface area contributed by atoms with Gasteiger partial charge in [0.2, 0.25) is 0 Å². The Labute approximate surface area is 123 Å². The van der Waals surface area contributed by atoms with Crippen LogP contribution in [-0.2, 0) is 6.54 Å². The summed E-state index contributed by atoms with van der Waals surface area (Å²) in [5, 5.41) is 0.294. The Balaban J connectivity index is 2.29. The van der Waals surface area contributed by atoms with Crippen LogP contribution < -0.4 is 10.6 Å². The number of rotatable bonds is 4. The molecule has 0 aliphatic heterocycles. The molecule has 2 N–H and O–H groups in total. The molecule has 106 valence electrons. The molecule has 0 spiro atoms. The summed E-state index contributed by atoms with van der Waals surface area (Å²) < 4.78 is 14.0. The smallest absolute Gasteiger partial charge is 0.167 e. The molecule has 3 nitrogen and oxygen atoms in total. The van der Waals surface area contributed by atoms with E-state index < -0.39 is 5.82 Å². The summed E-state index contributed by atoms with van der Waals surface area (Å²) in [4.78, 5) is 5.99. The Morgan fingerprint density at radius 3 is 2.50 bits per heavy atom. The van der Waals surface area contributed by atoms with Crippen molar-refractivity contribution in [2.24, 2.45) is 0 Å². The molecule has 2 rings (SSSR count). The third-order valence-electron chi connectivity index (χ3n) is 3.02. The monoisotopic (exact) mass is 293 g/mol. The van der Waals surface area contributed by atoms with E-state index in [-0.39, 0.29) is 6.04 Å². The molecule has 20 heavy (non-hydrogen) atoms. The lowest BCUT2D eigenvalue weighted by Gasteiger charge is -2.28. The summed E-state index contributed by atoms with van der Waals surface area (Å²) in [5.41, 5.74) is 7.42. The first-order valence-electron chi connectivity index (χ1n) is 6.39. The van der Waals surface area contributed by atoms with E-state index in [9.17, 15) is 4.39 Å². The zero-order valence-corrected chi connectivity index (χ0v) is 12.2. The fourth-order valence-corrected chi connectivity index (χ4v) is 2.09. The molecule has 0 saturated carbocycles. The minimum Gasteiger partial charge on any atom is -0.399 e.